The number of rotatable bonds is 8. The number of aliphatic hydroxyl groups is 1. The number of anilines is 1. The van der Waals surface area contributed by atoms with Gasteiger partial charge >= 0.3 is 6.18 Å². The van der Waals surface area contributed by atoms with Crippen molar-refractivity contribution in [2.75, 3.05) is 45.7 Å². The lowest BCUT2D eigenvalue weighted by Crippen LogP contribution is -2.55. The fourth-order valence-corrected chi connectivity index (χ4v) is 6.07. The van der Waals surface area contributed by atoms with Gasteiger partial charge in [-0.3, -0.25) is 9.59 Å². The van der Waals surface area contributed by atoms with Crippen LogP contribution in [0.1, 0.15) is 48.0 Å². The molecule has 1 aliphatic heterocycles. The van der Waals surface area contributed by atoms with Gasteiger partial charge in [-0.1, -0.05) is 41.9 Å². The highest BCUT2D eigenvalue weighted by atomic mass is 35.5. The van der Waals surface area contributed by atoms with E-state index in [9.17, 15) is 27.9 Å². The average Bonchev–Trinajstić information content (AvgIpc) is 3.58. The first-order valence-electron chi connectivity index (χ1n) is 13.2. The average molecular weight is 566 g/mol. The van der Waals surface area contributed by atoms with E-state index in [1.54, 1.807) is 20.2 Å². The van der Waals surface area contributed by atoms with Crippen molar-refractivity contribution in [1.82, 2.24) is 9.80 Å². The molecule has 1 saturated carbocycles. The predicted octanol–water partition coefficient (Wildman–Crippen LogP) is 5.34. The van der Waals surface area contributed by atoms with Gasteiger partial charge in [0.1, 0.15) is 0 Å². The van der Waals surface area contributed by atoms with Crippen LogP contribution in [-0.2, 0) is 10.4 Å². The van der Waals surface area contributed by atoms with Gasteiger partial charge < -0.3 is 19.8 Å². The molecule has 4 rings (SSSR count). The van der Waals surface area contributed by atoms with E-state index >= 15 is 0 Å². The maximum Gasteiger partial charge on any atom is 0.430 e. The third-order valence-corrected chi connectivity index (χ3v) is 8.69. The van der Waals surface area contributed by atoms with Crippen LogP contribution in [0.25, 0.3) is 0 Å². The molecule has 6 nitrogen and oxygen atoms in total. The summed E-state index contributed by atoms with van der Waals surface area (Å²) in [7, 11) is 4.68. The van der Waals surface area contributed by atoms with Crippen LogP contribution < -0.4 is 4.90 Å². The highest BCUT2D eigenvalue weighted by molar-refractivity contribution is 6.34. The van der Waals surface area contributed by atoms with Crippen molar-refractivity contribution in [1.29, 1.82) is 0 Å². The highest BCUT2D eigenvalue weighted by Gasteiger charge is 2.61. The van der Waals surface area contributed by atoms with Crippen molar-refractivity contribution in [3.8, 4) is 0 Å². The number of benzene rings is 2. The third kappa shape index (κ3) is 5.75. The Kier molecular flexibility index (Phi) is 8.24. The summed E-state index contributed by atoms with van der Waals surface area (Å²) < 4.78 is 41.5. The second-order valence-electron chi connectivity index (χ2n) is 11.1. The number of carbonyl (C=O) groups is 2. The van der Waals surface area contributed by atoms with E-state index in [-0.39, 0.29) is 17.9 Å². The first-order valence-corrected chi connectivity index (χ1v) is 13.5. The summed E-state index contributed by atoms with van der Waals surface area (Å²) in [5.74, 6) is -1.03. The lowest BCUT2D eigenvalue weighted by molar-refractivity contribution is -0.261. The number of alkyl halides is 3. The molecule has 1 unspecified atom stereocenters. The van der Waals surface area contributed by atoms with Crippen molar-refractivity contribution < 1.29 is 27.9 Å². The normalized spacial score (nSPS) is 19.9. The number of piperidine rings is 1. The Hall–Kier alpha value is -2.78. The molecule has 1 heterocycles. The van der Waals surface area contributed by atoms with E-state index in [0.29, 0.717) is 22.9 Å². The molecule has 0 bridgehead atoms. The topological polar surface area (TPSA) is 64.1 Å². The monoisotopic (exact) mass is 565 g/mol. The largest absolute Gasteiger partial charge is 0.430 e. The number of carbonyl (C=O) groups excluding carboxylic acids is 2. The van der Waals surface area contributed by atoms with Gasteiger partial charge in [0, 0.05) is 52.0 Å². The summed E-state index contributed by atoms with van der Waals surface area (Å²) in [4.78, 5) is 29.8. The summed E-state index contributed by atoms with van der Waals surface area (Å²) in [6.07, 6.45) is -0.667. The number of hydrogen-bond donors (Lipinski definition) is 1. The summed E-state index contributed by atoms with van der Waals surface area (Å²) >= 11 is 6.39. The van der Waals surface area contributed by atoms with E-state index in [0.717, 1.165) is 61.5 Å². The predicted molar refractivity (Wildman–Crippen MR) is 145 cm³/mol. The van der Waals surface area contributed by atoms with Crippen molar-refractivity contribution >= 4 is 29.1 Å². The summed E-state index contributed by atoms with van der Waals surface area (Å²) in [5.41, 5.74) is -2.36. The number of amides is 2. The SMILES string of the molecule is CN(C)C(=O)c1ccc(N2CCC3(CC2)C[C@@H]3CCCN(C)C(=O)C(O)(c2ccccc2)C(F)(F)F)cc1Cl. The Morgan fingerprint density at radius 3 is 2.28 bits per heavy atom. The van der Waals surface area contributed by atoms with Gasteiger partial charge in [-0.2, -0.15) is 13.2 Å². The Labute approximate surface area is 232 Å². The quantitative estimate of drug-likeness (QED) is 0.469. The first kappa shape index (κ1) is 29.2. The summed E-state index contributed by atoms with van der Waals surface area (Å²) in [5, 5.41) is 11.0. The number of nitrogens with zero attached hydrogens (tertiary/aromatic N) is 3. The maximum absolute atomic E-state index is 13.8. The minimum atomic E-state index is -5.14. The fraction of sp³-hybridized carbons (Fsp3) is 0.517. The van der Waals surface area contributed by atoms with E-state index in [1.165, 1.54) is 30.1 Å². The molecule has 0 radical (unpaired) electrons. The van der Waals surface area contributed by atoms with Gasteiger partial charge in [0.15, 0.2) is 0 Å². The van der Waals surface area contributed by atoms with Crippen molar-refractivity contribution in [3.05, 3.63) is 64.7 Å². The molecule has 39 heavy (non-hydrogen) atoms. The molecule has 2 aromatic carbocycles. The van der Waals surface area contributed by atoms with E-state index < -0.39 is 23.2 Å². The Morgan fingerprint density at radius 1 is 1.08 bits per heavy atom. The summed E-state index contributed by atoms with van der Waals surface area (Å²) in [6, 6.07) is 12.0. The number of hydrogen-bond acceptors (Lipinski definition) is 4. The van der Waals surface area contributed by atoms with Crippen LogP contribution in [0.4, 0.5) is 18.9 Å². The molecule has 212 valence electrons. The Bertz CT molecular complexity index is 1200. The Balaban J connectivity index is 1.28. The molecule has 1 spiro atoms. The van der Waals surface area contributed by atoms with Crippen LogP contribution >= 0.6 is 11.6 Å². The molecule has 2 fully saturated rings. The van der Waals surface area contributed by atoms with E-state index in [2.05, 4.69) is 4.90 Å². The van der Waals surface area contributed by atoms with Gasteiger partial charge in [-0.15, -0.1) is 0 Å². The van der Waals surface area contributed by atoms with Gasteiger partial charge in [0.2, 0.25) is 0 Å². The van der Waals surface area contributed by atoms with E-state index in [1.807, 2.05) is 12.1 Å². The smallest absolute Gasteiger partial charge is 0.371 e. The molecule has 0 aromatic heterocycles. The van der Waals surface area contributed by atoms with Crippen molar-refractivity contribution in [2.24, 2.45) is 11.3 Å². The minimum absolute atomic E-state index is 0.138. The molecule has 1 saturated heterocycles. The van der Waals surface area contributed by atoms with Gasteiger partial charge in [0.25, 0.3) is 17.4 Å². The summed E-state index contributed by atoms with van der Waals surface area (Å²) in [6.45, 7) is 1.86. The van der Waals surface area contributed by atoms with Crippen LogP contribution in [0.3, 0.4) is 0 Å². The zero-order valence-corrected chi connectivity index (χ0v) is 23.2. The third-order valence-electron chi connectivity index (χ3n) is 8.38. The standard InChI is InChI=1S/C29H35ClF3N3O3/c1-34(2)25(37)23-12-11-22(18-24(23)30)36-16-13-27(14-17-36)19-21(27)10-7-15-35(3)26(38)28(39,29(31,32)33)20-8-5-4-6-9-20/h4-6,8-9,11-12,18,21,39H,7,10,13-17,19H2,1-3H3/t21-,28?/m0/s1. The minimum Gasteiger partial charge on any atom is -0.371 e. The molecule has 2 atom stereocenters. The molecule has 1 N–H and O–H groups in total. The van der Waals surface area contributed by atoms with Crippen LogP contribution in [0.15, 0.2) is 48.5 Å². The van der Waals surface area contributed by atoms with Crippen LogP contribution in [0.5, 0.6) is 0 Å². The second kappa shape index (κ2) is 11.0. The second-order valence-corrected chi connectivity index (χ2v) is 11.5. The molecular formula is C29H35ClF3N3O3. The molecular weight excluding hydrogens is 531 g/mol. The molecule has 2 aromatic rings. The lowest BCUT2D eigenvalue weighted by atomic mass is 9.89. The lowest BCUT2D eigenvalue weighted by Gasteiger charge is -2.35. The van der Waals surface area contributed by atoms with Crippen LogP contribution in [-0.4, -0.2) is 73.7 Å². The van der Waals surface area contributed by atoms with Crippen LogP contribution in [0.2, 0.25) is 5.02 Å². The zero-order chi connectivity index (χ0) is 28.6. The maximum atomic E-state index is 13.8. The number of likely N-dealkylation sites (N-methyl/N-ethyl adjacent to an activating group) is 1. The Morgan fingerprint density at radius 2 is 1.72 bits per heavy atom. The number of halogens is 4. The van der Waals surface area contributed by atoms with Crippen molar-refractivity contribution in [3.63, 3.8) is 0 Å². The molecule has 2 aliphatic rings. The van der Waals surface area contributed by atoms with Gasteiger partial charge in [-0.05, 0) is 61.6 Å². The fourth-order valence-electron chi connectivity index (χ4n) is 5.82. The first-order chi connectivity index (χ1) is 18.3. The van der Waals surface area contributed by atoms with Crippen LogP contribution in [0, 0.1) is 11.3 Å². The molecule has 10 heteroatoms. The van der Waals surface area contributed by atoms with Gasteiger partial charge in [0.05, 0.1) is 10.6 Å². The van der Waals surface area contributed by atoms with Gasteiger partial charge in [-0.25, -0.2) is 0 Å². The molecule has 2 amide bonds. The van der Waals surface area contributed by atoms with Crippen molar-refractivity contribution in [2.45, 2.75) is 43.9 Å². The highest BCUT2D eigenvalue weighted by Crippen LogP contribution is 2.61. The molecule has 1 aliphatic carbocycles. The van der Waals surface area contributed by atoms with E-state index in [4.69, 9.17) is 11.6 Å². The zero-order valence-electron chi connectivity index (χ0n) is 22.5.